The standard InChI is InChI=1S/C8H15N3O/c1-7(12-2)6-11-4-3-10-8(11)5-9/h3-4,7H,5-6,9H2,1-2H3. The summed E-state index contributed by atoms with van der Waals surface area (Å²) in [7, 11) is 1.70. The van der Waals surface area contributed by atoms with E-state index in [1.165, 1.54) is 0 Å². The van der Waals surface area contributed by atoms with Crippen molar-refractivity contribution in [1.29, 1.82) is 0 Å². The quantitative estimate of drug-likeness (QED) is 0.708. The molecule has 0 saturated heterocycles. The highest BCUT2D eigenvalue weighted by atomic mass is 16.5. The Bertz CT molecular complexity index is 234. The van der Waals surface area contributed by atoms with Crippen molar-refractivity contribution in [1.82, 2.24) is 9.55 Å². The Hall–Kier alpha value is -0.870. The number of rotatable bonds is 4. The maximum absolute atomic E-state index is 5.49. The van der Waals surface area contributed by atoms with E-state index in [1.54, 1.807) is 13.3 Å². The highest BCUT2D eigenvalue weighted by molar-refractivity contribution is 4.91. The maximum Gasteiger partial charge on any atom is 0.122 e. The minimum absolute atomic E-state index is 0.199. The van der Waals surface area contributed by atoms with Crippen LogP contribution >= 0.6 is 0 Å². The van der Waals surface area contributed by atoms with Gasteiger partial charge in [0.1, 0.15) is 5.82 Å². The molecule has 12 heavy (non-hydrogen) atoms. The number of hydrogen-bond acceptors (Lipinski definition) is 3. The summed E-state index contributed by atoms with van der Waals surface area (Å²) in [5.41, 5.74) is 5.49. The normalized spacial score (nSPS) is 13.2. The second-order valence-corrected chi connectivity index (χ2v) is 2.75. The van der Waals surface area contributed by atoms with Crippen LogP contribution in [-0.2, 0) is 17.8 Å². The van der Waals surface area contributed by atoms with Crippen molar-refractivity contribution in [2.45, 2.75) is 26.1 Å². The fraction of sp³-hybridized carbons (Fsp3) is 0.625. The predicted molar refractivity (Wildman–Crippen MR) is 46.6 cm³/mol. The smallest absolute Gasteiger partial charge is 0.122 e. The molecule has 1 heterocycles. The second kappa shape index (κ2) is 4.23. The Kier molecular flexibility index (Phi) is 3.25. The molecular weight excluding hydrogens is 154 g/mol. The third-order valence-electron chi connectivity index (χ3n) is 1.84. The van der Waals surface area contributed by atoms with Crippen LogP contribution in [0, 0.1) is 0 Å². The van der Waals surface area contributed by atoms with Gasteiger partial charge >= 0.3 is 0 Å². The zero-order valence-electron chi connectivity index (χ0n) is 7.53. The first kappa shape index (κ1) is 9.22. The molecule has 0 aromatic carbocycles. The highest BCUT2D eigenvalue weighted by Gasteiger charge is 2.04. The third kappa shape index (κ3) is 2.06. The van der Waals surface area contributed by atoms with Crippen molar-refractivity contribution >= 4 is 0 Å². The van der Waals surface area contributed by atoms with Gasteiger partial charge in [-0.1, -0.05) is 0 Å². The van der Waals surface area contributed by atoms with E-state index in [1.807, 2.05) is 17.7 Å². The summed E-state index contributed by atoms with van der Waals surface area (Å²) in [6.45, 7) is 3.30. The summed E-state index contributed by atoms with van der Waals surface area (Å²) >= 11 is 0. The van der Waals surface area contributed by atoms with E-state index in [4.69, 9.17) is 10.5 Å². The van der Waals surface area contributed by atoms with Gasteiger partial charge in [0.2, 0.25) is 0 Å². The van der Waals surface area contributed by atoms with E-state index in [-0.39, 0.29) is 6.10 Å². The van der Waals surface area contributed by atoms with Crippen LogP contribution in [0.25, 0.3) is 0 Å². The molecule has 1 aromatic heterocycles. The van der Waals surface area contributed by atoms with Crippen LogP contribution in [0.5, 0.6) is 0 Å². The first-order valence-corrected chi connectivity index (χ1v) is 4.00. The van der Waals surface area contributed by atoms with Gasteiger partial charge in [-0.2, -0.15) is 0 Å². The molecule has 1 rings (SSSR count). The van der Waals surface area contributed by atoms with Gasteiger partial charge in [0.05, 0.1) is 12.6 Å². The molecule has 0 amide bonds. The zero-order valence-corrected chi connectivity index (χ0v) is 7.53. The summed E-state index contributed by atoms with van der Waals surface area (Å²) in [4.78, 5) is 4.10. The number of ether oxygens (including phenoxy) is 1. The molecule has 4 heteroatoms. The summed E-state index contributed by atoms with van der Waals surface area (Å²) in [5, 5.41) is 0. The van der Waals surface area contributed by atoms with Crippen LogP contribution in [0.4, 0.5) is 0 Å². The second-order valence-electron chi connectivity index (χ2n) is 2.75. The Morgan fingerprint density at radius 1 is 1.75 bits per heavy atom. The molecule has 4 nitrogen and oxygen atoms in total. The lowest BCUT2D eigenvalue weighted by atomic mass is 10.4. The molecule has 0 spiro atoms. The number of hydrogen-bond donors (Lipinski definition) is 1. The average Bonchev–Trinajstić information content (AvgIpc) is 2.51. The van der Waals surface area contributed by atoms with Gasteiger partial charge in [0, 0.05) is 26.0 Å². The number of aromatic nitrogens is 2. The van der Waals surface area contributed by atoms with Crippen molar-refractivity contribution in [2.75, 3.05) is 7.11 Å². The Morgan fingerprint density at radius 3 is 3.08 bits per heavy atom. The monoisotopic (exact) mass is 169 g/mol. The van der Waals surface area contributed by atoms with Gasteiger partial charge in [-0.15, -0.1) is 0 Å². The molecule has 2 N–H and O–H groups in total. The molecule has 68 valence electrons. The van der Waals surface area contributed by atoms with Crippen LogP contribution in [0.1, 0.15) is 12.7 Å². The third-order valence-corrected chi connectivity index (χ3v) is 1.84. The summed E-state index contributed by atoms with van der Waals surface area (Å²) in [6, 6.07) is 0. The first-order chi connectivity index (χ1) is 5.77. The Labute approximate surface area is 72.3 Å². The lowest BCUT2D eigenvalue weighted by Gasteiger charge is -2.11. The molecular formula is C8H15N3O. The SMILES string of the molecule is COC(C)Cn1ccnc1CN. The summed E-state index contributed by atoms with van der Waals surface area (Å²) in [5.74, 6) is 0.902. The summed E-state index contributed by atoms with van der Waals surface area (Å²) in [6.07, 6.45) is 3.87. The van der Waals surface area contributed by atoms with Crippen LogP contribution in [0.3, 0.4) is 0 Å². The summed E-state index contributed by atoms with van der Waals surface area (Å²) < 4.78 is 7.14. The van der Waals surface area contributed by atoms with E-state index in [2.05, 4.69) is 4.98 Å². The van der Waals surface area contributed by atoms with Gasteiger partial charge in [-0.25, -0.2) is 4.98 Å². The number of nitrogens with two attached hydrogens (primary N) is 1. The molecule has 0 aliphatic rings. The molecule has 0 aliphatic heterocycles. The van der Waals surface area contributed by atoms with Crippen molar-refractivity contribution in [3.05, 3.63) is 18.2 Å². The van der Waals surface area contributed by atoms with E-state index in [9.17, 15) is 0 Å². The molecule has 1 atom stereocenters. The molecule has 0 bridgehead atoms. The lowest BCUT2D eigenvalue weighted by Crippen LogP contribution is -2.17. The maximum atomic E-state index is 5.49. The van der Waals surface area contributed by atoms with Crippen molar-refractivity contribution < 1.29 is 4.74 Å². The first-order valence-electron chi connectivity index (χ1n) is 4.00. The molecule has 0 saturated carbocycles. The van der Waals surface area contributed by atoms with E-state index in [0.29, 0.717) is 6.54 Å². The minimum Gasteiger partial charge on any atom is -0.380 e. The van der Waals surface area contributed by atoms with E-state index in [0.717, 1.165) is 12.4 Å². The Morgan fingerprint density at radius 2 is 2.50 bits per heavy atom. The minimum atomic E-state index is 0.199. The topological polar surface area (TPSA) is 53.1 Å². The average molecular weight is 169 g/mol. The van der Waals surface area contributed by atoms with Crippen molar-refractivity contribution in [3.63, 3.8) is 0 Å². The van der Waals surface area contributed by atoms with Crippen molar-refractivity contribution in [3.8, 4) is 0 Å². The largest absolute Gasteiger partial charge is 0.380 e. The van der Waals surface area contributed by atoms with Gasteiger partial charge in [0.25, 0.3) is 0 Å². The molecule has 0 radical (unpaired) electrons. The number of nitrogens with zero attached hydrogens (tertiary/aromatic N) is 2. The van der Waals surface area contributed by atoms with E-state index >= 15 is 0 Å². The highest BCUT2D eigenvalue weighted by Crippen LogP contribution is 2.00. The predicted octanol–water partition coefficient (Wildman–Crippen LogP) is 0.377. The molecule has 0 fully saturated rings. The number of methoxy groups -OCH3 is 1. The van der Waals surface area contributed by atoms with Gasteiger partial charge in [0.15, 0.2) is 0 Å². The fourth-order valence-corrected chi connectivity index (χ4v) is 1.05. The van der Waals surface area contributed by atoms with Crippen LogP contribution in [0.15, 0.2) is 12.4 Å². The fourth-order valence-electron chi connectivity index (χ4n) is 1.05. The van der Waals surface area contributed by atoms with Crippen molar-refractivity contribution in [2.24, 2.45) is 5.73 Å². The van der Waals surface area contributed by atoms with Crippen LogP contribution in [0.2, 0.25) is 0 Å². The Balaban J connectivity index is 2.61. The lowest BCUT2D eigenvalue weighted by molar-refractivity contribution is 0.102. The molecule has 1 aromatic rings. The molecule has 0 aliphatic carbocycles. The molecule has 1 unspecified atom stereocenters. The van der Waals surface area contributed by atoms with Gasteiger partial charge < -0.3 is 15.0 Å². The van der Waals surface area contributed by atoms with Gasteiger partial charge in [-0.3, -0.25) is 0 Å². The van der Waals surface area contributed by atoms with Crippen LogP contribution < -0.4 is 5.73 Å². The zero-order chi connectivity index (χ0) is 8.97. The van der Waals surface area contributed by atoms with Crippen LogP contribution in [-0.4, -0.2) is 22.8 Å². The number of imidazole rings is 1. The van der Waals surface area contributed by atoms with E-state index < -0.39 is 0 Å². The van der Waals surface area contributed by atoms with Gasteiger partial charge in [-0.05, 0) is 6.92 Å².